The van der Waals surface area contributed by atoms with Crippen molar-refractivity contribution in [3.63, 3.8) is 0 Å². The van der Waals surface area contributed by atoms with Crippen LogP contribution in [0.4, 0.5) is 0 Å². The molecule has 130 valence electrons. The Labute approximate surface area is 147 Å². The fourth-order valence-corrected chi connectivity index (χ4v) is 3.85. The Hall–Kier alpha value is -2.40. The second-order valence-electron chi connectivity index (χ2n) is 7.09. The number of pyridine rings is 1. The topological polar surface area (TPSA) is 51.7 Å². The van der Waals surface area contributed by atoms with Crippen LogP contribution in [0.15, 0.2) is 48.8 Å². The third-order valence-electron chi connectivity index (χ3n) is 5.15. The minimum Gasteiger partial charge on any atom is -0.497 e. The lowest BCUT2D eigenvalue weighted by atomic mass is 9.77. The maximum absolute atomic E-state index is 12.6. The van der Waals surface area contributed by atoms with Crippen LogP contribution in [0.25, 0.3) is 0 Å². The first-order valence-electron chi connectivity index (χ1n) is 8.61. The van der Waals surface area contributed by atoms with E-state index in [9.17, 15) is 4.79 Å². The Kier molecular flexibility index (Phi) is 4.17. The number of hydrogen-bond donors (Lipinski definition) is 0. The van der Waals surface area contributed by atoms with Crippen molar-refractivity contribution in [1.82, 2.24) is 9.88 Å². The lowest BCUT2D eigenvalue weighted by molar-refractivity contribution is -0.00134. The normalized spacial score (nSPS) is 21.2. The zero-order valence-electron chi connectivity index (χ0n) is 14.4. The molecular weight excluding hydrogens is 316 g/mol. The molecule has 5 heteroatoms. The highest BCUT2D eigenvalue weighted by Crippen LogP contribution is 2.42. The van der Waals surface area contributed by atoms with Gasteiger partial charge in [0.25, 0.3) is 5.91 Å². The standard InChI is InChI=1S/C20H22N2O3/c1-24-17-6-4-16(5-7-17)19(23)22-12-20(13-22)10-18(25-14-20)9-15-3-2-8-21-11-15/h2-8,11,18H,9-10,12-14H2,1H3/t18-/m0/s1. The van der Waals surface area contributed by atoms with Crippen LogP contribution in [0.2, 0.25) is 0 Å². The monoisotopic (exact) mass is 338 g/mol. The van der Waals surface area contributed by atoms with Crippen LogP contribution in [0.1, 0.15) is 22.3 Å². The third kappa shape index (κ3) is 3.24. The molecule has 2 aliphatic rings. The van der Waals surface area contributed by atoms with Gasteiger partial charge < -0.3 is 14.4 Å². The molecule has 2 aliphatic heterocycles. The van der Waals surface area contributed by atoms with Crippen molar-refractivity contribution in [2.45, 2.75) is 18.9 Å². The Morgan fingerprint density at radius 3 is 2.80 bits per heavy atom. The summed E-state index contributed by atoms with van der Waals surface area (Å²) in [5.41, 5.74) is 2.05. The SMILES string of the molecule is COc1ccc(C(=O)N2CC3(CO[C@@H](Cc4cccnc4)C3)C2)cc1. The molecule has 5 nitrogen and oxygen atoms in total. The van der Waals surface area contributed by atoms with E-state index in [4.69, 9.17) is 9.47 Å². The van der Waals surface area contributed by atoms with Gasteiger partial charge in [-0.05, 0) is 42.3 Å². The number of ether oxygens (including phenoxy) is 2. The van der Waals surface area contributed by atoms with Crippen molar-refractivity contribution < 1.29 is 14.3 Å². The number of likely N-dealkylation sites (tertiary alicyclic amines) is 1. The van der Waals surface area contributed by atoms with Gasteiger partial charge in [0.2, 0.25) is 0 Å². The molecule has 1 atom stereocenters. The number of carbonyl (C=O) groups is 1. The molecule has 1 spiro atoms. The molecule has 2 aromatic rings. The molecule has 4 rings (SSSR count). The number of hydrogen-bond acceptors (Lipinski definition) is 4. The van der Waals surface area contributed by atoms with E-state index < -0.39 is 0 Å². The summed E-state index contributed by atoms with van der Waals surface area (Å²) >= 11 is 0. The maximum atomic E-state index is 12.6. The number of nitrogens with zero attached hydrogens (tertiary/aromatic N) is 2. The van der Waals surface area contributed by atoms with Gasteiger partial charge in [-0.15, -0.1) is 0 Å². The summed E-state index contributed by atoms with van der Waals surface area (Å²) in [6.45, 7) is 2.30. The molecule has 0 aliphatic carbocycles. The molecule has 3 heterocycles. The van der Waals surface area contributed by atoms with Gasteiger partial charge in [0.05, 0.1) is 19.8 Å². The van der Waals surface area contributed by atoms with Crippen molar-refractivity contribution in [2.24, 2.45) is 5.41 Å². The highest BCUT2D eigenvalue weighted by molar-refractivity contribution is 5.95. The Balaban J connectivity index is 1.33. The van der Waals surface area contributed by atoms with Crippen LogP contribution in [-0.4, -0.2) is 48.7 Å². The summed E-state index contributed by atoms with van der Waals surface area (Å²) in [4.78, 5) is 18.7. The van der Waals surface area contributed by atoms with Gasteiger partial charge in [0.15, 0.2) is 0 Å². The van der Waals surface area contributed by atoms with Crippen molar-refractivity contribution >= 4 is 5.91 Å². The third-order valence-corrected chi connectivity index (χ3v) is 5.15. The molecular formula is C20H22N2O3. The summed E-state index contributed by atoms with van der Waals surface area (Å²) < 4.78 is 11.1. The molecule has 1 amide bonds. The van der Waals surface area contributed by atoms with E-state index in [0.717, 1.165) is 38.3 Å². The first kappa shape index (κ1) is 16.1. The molecule has 1 aromatic carbocycles. The average Bonchev–Trinajstić information content (AvgIpc) is 3.05. The number of rotatable bonds is 4. The van der Waals surface area contributed by atoms with E-state index >= 15 is 0 Å². The van der Waals surface area contributed by atoms with Crippen LogP contribution in [0, 0.1) is 5.41 Å². The Morgan fingerprint density at radius 1 is 1.32 bits per heavy atom. The first-order chi connectivity index (χ1) is 12.2. The fourth-order valence-electron chi connectivity index (χ4n) is 3.85. The smallest absolute Gasteiger partial charge is 0.253 e. The lowest BCUT2D eigenvalue weighted by Crippen LogP contribution is -2.58. The van der Waals surface area contributed by atoms with Crippen molar-refractivity contribution in [3.8, 4) is 5.75 Å². The maximum Gasteiger partial charge on any atom is 0.253 e. The molecule has 0 bridgehead atoms. The minimum absolute atomic E-state index is 0.0870. The number of amides is 1. The molecule has 25 heavy (non-hydrogen) atoms. The predicted molar refractivity (Wildman–Crippen MR) is 93.6 cm³/mol. The number of benzene rings is 1. The lowest BCUT2D eigenvalue weighted by Gasteiger charge is -2.47. The summed E-state index contributed by atoms with van der Waals surface area (Å²) in [5, 5.41) is 0. The molecule has 0 unspecified atom stereocenters. The molecule has 2 fully saturated rings. The van der Waals surface area contributed by atoms with Crippen molar-refractivity contribution in [2.75, 3.05) is 26.8 Å². The van der Waals surface area contributed by atoms with Gasteiger partial charge in [0.1, 0.15) is 5.75 Å². The van der Waals surface area contributed by atoms with E-state index in [1.807, 2.05) is 41.4 Å². The molecule has 2 saturated heterocycles. The number of methoxy groups -OCH3 is 1. The summed E-state index contributed by atoms with van der Waals surface area (Å²) in [6, 6.07) is 11.3. The zero-order chi connectivity index (χ0) is 17.3. The van der Waals surface area contributed by atoms with Crippen molar-refractivity contribution in [1.29, 1.82) is 0 Å². The summed E-state index contributed by atoms with van der Waals surface area (Å²) in [6.07, 6.45) is 5.81. The van der Waals surface area contributed by atoms with Gasteiger partial charge in [-0.2, -0.15) is 0 Å². The molecule has 1 aromatic heterocycles. The van der Waals surface area contributed by atoms with E-state index in [0.29, 0.717) is 5.56 Å². The second-order valence-corrected chi connectivity index (χ2v) is 7.09. The van der Waals surface area contributed by atoms with Gasteiger partial charge in [-0.1, -0.05) is 6.07 Å². The van der Waals surface area contributed by atoms with Crippen LogP contribution in [0.3, 0.4) is 0 Å². The minimum atomic E-state index is 0.0870. The van der Waals surface area contributed by atoms with Crippen LogP contribution in [-0.2, 0) is 11.2 Å². The van der Waals surface area contributed by atoms with E-state index in [-0.39, 0.29) is 17.4 Å². The quantitative estimate of drug-likeness (QED) is 0.860. The van der Waals surface area contributed by atoms with Gasteiger partial charge in [-0.3, -0.25) is 9.78 Å². The number of aromatic nitrogens is 1. The van der Waals surface area contributed by atoms with Gasteiger partial charge >= 0.3 is 0 Å². The Morgan fingerprint density at radius 2 is 2.12 bits per heavy atom. The molecule has 0 N–H and O–H groups in total. The van der Waals surface area contributed by atoms with E-state index in [1.54, 1.807) is 13.3 Å². The molecule has 0 saturated carbocycles. The van der Waals surface area contributed by atoms with Gasteiger partial charge in [-0.25, -0.2) is 0 Å². The fraction of sp³-hybridized carbons (Fsp3) is 0.400. The van der Waals surface area contributed by atoms with E-state index in [1.165, 1.54) is 5.56 Å². The van der Waals surface area contributed by atoms with Crippen LogP contribution in [0.5, 0.6) is 5.75 Å². The second kappa shape index (κ2) is 6.48. The highest BCUT2D eigenvalue weighted by atomic mass is 16.5. The number of carbonyl (C=O) groups excluding carboxylic acids is 1. The first-order valence-corrected chi connectivity index (χ1v) is 8.61. The van der Waals surface area contributed by atoms with Crippen LogP contribution >= 0.6 is 0 Å². The van der Waals surface area contributed by atoms with E-state index in [2.05, 4.69) is 11.1 Å². The average molecular weight is 338 g/mol. The zero-order valence-corrected chi connectivity index (χ0v) is 14.4. The van der Waals surface area contributed by atoms with Crippen molar-refractivity contribution in [3.05, 3.63) is 59.9 Å². The largest absolute Gasteiger partial charge is 0.497 e. The highest BCUT2D eigenvalue weighted by Gasteiger charge is 2.50. The Bertz CT molecular complexity index is 739. The summed E-state index contributed by atoms with van der Waals surface area (Å²) in [7, 11) is 1.62. The molecule has 0 radical (unpaired) electrons. The predicted octanol–water partition coefficient (Wildman–Crippen LogP) is 2.56. The summed E-state index contributed by atoms with van der Waals surface area (Å²) in [5.74, 6) is 0.850. The van der Waals surface area contributed by atoms with Gasteiger partial charge in [0, 0.05) is 42.9 Å². The van der Waals surface area contributed by atoms with Crippen LogP contribution < -0.4 is 4.74 Å².